The summed E-state index contributed by atoms with van der Waals surface area (Å²) in [7, 11) is 1.65. The molecule has 4 nitrogen and oxygen atoms in total. The van der Waals surface area contributed by atoms with Gasteiger partial charge < -0.3 is 4.74 Å². The van der Waals surface area contributed by atoms with E-state index in [1.54, 1.807) is 7.11 Å². The smallest absolute Gasteiger partial charge is 0.139 e. The van der Waals surface area contributed by atoms with Crippen LogP contribution in [0.3, 0.4) is 0 Å². The zero-order chi connectivity index (χ0) is 15.2. The van der Waals surface area contributed by atoms with Crippen molar-refractivity contribution in [2.24, 2.45) is 0 Å². The fourth-order valence-corrected chi connectivity index (χ4v) is 2.13. The molecule has 0 saturated heterocycles. The fraction of sp³-hybridized carbons (Fsp3) is 0.412. The molecule has 4 heteroatoms. The second-order valence-corrected chi connectivity index (χ2v) is 5.44. The summed E-state index contributed by atoms with van der Waals surface area (Å²) in [5, 5.41) is 4.41. The van der Waals surface area contributed by atoms with Gasteiger partial charge in [0, 0.05) is 18.7 Å². The van der Waals surface area contributed by atoms with E-state index in [9.17, 15) is 4.79 Å². The van der Waals surface area contributed by atoms with Gasteiger partial charge in [0.25, 0.3) is 0 Å². The third kappa shape index (κ3) is 4.45. The van der Waals surface area contributed by atoms with Crippen molar-refractivity contribution in [1.29, 1.82) is 0 Å². The molecule has 1 aromatic carbocycles. The van der Waals surface area contributed by atoms with E-state index in [4.69, 9.17) is 4.74 Å². The van der Waals surface area contributed by atoms with E-state index in [1.807, 2.05) is 41.2 Å². The average molecular weight is 286 g/mol. The van der Waals surface area contributed by atoms with Gasteiger partial charge in [0.15, 0.2) is 0 Å². The average Bonchev–Trinajstić information content (AvgIpc) is 2.94. The molecule has 1 heterocycles. The second kappa shape index (κ2) is 7.07. The van der Waals surface area contributed by atoms with Crippen LogP contribution in [-0.4, -0.2) is 22.7 Å². The largest absolute Gasteiger partial charge is 0.497 e. The molecule has 0 atom stereocenters. The summed E-state index contributed by atoms with van der Waals surface area (Å²) < 4.78 is 7.00. The van der Waals surface area contributed by atoms with Crippen LogP contribution in [0.4, 0.5) is 0 Å². The Morgan fingerprint density at radius 1 is 1.24 bits per heavy atom. The standard InChI is InChI=1S/C17H22N2O2/c1-13(2)19-11-10-15(18-19)12-16(20)7-4-14-5-8-17(21-3)9-6-14/h5-6,8-11,13H,4,7,12H2,1-3H3. The monoisotopic (exact) mass is 286 g/mol. The van der Waals surface area contributed by atoms with Crippen molar-refractivity contribution in [1.82, 2.24) is 9.78 Å². The number of hydrogen-bond donors (Lipinski definition) is 0. The van der Waals surface area contributed by atoms with Gasteiger partial charge in [0.2, 0.25) is 0 Å². The third-order valence-electron chi connectivity index (χ3n) is 3.42. The highest BCUT2D eigenvalue weighted by Crippen LogP contribution is 2.13. The van der Waals surface area contributed by atoms with E-state index in [2.05, 4.69) is 18.9 Å². The highest BCUT2D eigenvalue weighted by molar-refractivity contribution is 5.80. The first-order valence-corrected chi connectivity index (χ1v) is 7.27. The lowest BCUT2D eigenvalue weighted by molar-refractivity contribution is -0.118. The van der Waals surface area contributed by atoms with E-state index < -0.39 is 0 Å². The van der Waals surface area contributed by atoms with Gasteiger partial charge in [-0.25, -0.2) is 0 Å². The van der Waals surface area contributed by atoms with E-state index >= 15 is 0 Å². The first-order chi connectivity index (χ1) is 10.1. The summed E-state index contributed by atoms with van der Waals surface area (Å²) in [5.41, 5.74) is 2.00. The Labute approximate surface area is 125 Å². The van der Waals surface area contributed by atoms with Crippen LogP contribution < -0.4 is 4.74 Å². The summed E-state index contributed by atoms with van der Waals surface area (Å²) in [6, 6.07) is 10.1. The molecule has 0 unspecified atom stereocenters. The number of aryl methyl sites for hydroxylation is 1. The van der Waals surface area contributed by atoms with Crippen LogP contribution >= 0.6 is 0 Å². The van der Waals surface area contributed by atoms with Crippen LogP contribution in [0, 0.1) is 0 Å². The Bertz CT molecular complexity index is 585. The third-order valence-corrected chi connectivity index (χ3v) is 3.42. The number of nitrogens with zero attached hydrogens (tertiary/aromatic N) is 2. The molecule has 0 aliphatic rings. The molecule has 0 N–H and O–H groups in total. The fourth-order valence-electron chi connectivity index (χ4n) is 2.13. The zero-order valence-electron chi connectivity index (χ0n) is 12.9. The Hall–Kier alpha value is -2.10. The molecular weight excluding hydrogens is 264 g/mol. The van der Waals surface area contributed by atoms with Crippen LogP contribution in [0.25, 0.3) is 0 Å². The van der Waals surface area contributed by atoms with Gasteiger partial charge in [0.1, 0.15) is 11.5 Å². The van der Waals surface area contributed by atoms with Crippen LogP contribution in [-0.2, 0) is 17.6 Å². The van der Waals surface area contributed by atoms with Crippen molar-refractivity contribution in [3.63, 3.8) is 0 Å². The molecule has 0 aliphatic carbocycles. The number of ketones is 1. The van der Waals surface area contributed by atoms with Crippen LogP contribution in [0.1, 0.15) is 37.6 Å². The number of ether oxygens (including phenoxy) is 1. The lowest BCUT2D eigenvalue weighted by Crippen LogP contribution is -2.07. The molecule has 0 amide bonds. The molecule has 0 saturated carbocycles. The molecule has 2 rings (SSSR count). The van der Waals surface area contributed by atoms with Crippen LogP contribution in [0.15, 0.2) is 36.5 Å². The van der Waals surface area contributed by atoms with Gasteiger partial charge >= 0.3 is 0 Å². The van der Waals surface area contributed by atoms with Crippen molar-refractivity contribution >= 4 is 5.78 Å². The van der Waals surface area contributed by atoms with Crippen molar-refractivity contribution in [3.8, 4) is 5.75 Å². The molecule has 0 bridgehead atoms. The summed E-state index contributed by atoms with van der Waals surface area (Å²) in [5.74, 6) is 1.06. The lowest BCUT2D eigenvalue weighted by atomic mass is 10.1. The topological polar surface area (TPSA) is 44.1 Å². The highest BCUT2D eigenvalue weighted by atomic mass is 16.5. The number of methoxy groups -OCH3 is 1. The molecule has 1 aromatic heterocycles. The van der Waals surface area contributed by atoms with Gasteiger partial charge in [-0.1, -0.05) is 12.1 Å². The Balaban J connectivity index is 1.83. The summed E-state index contributed by atoms with van der Waals surface area (Å²) in [4.78, 5) is 12.0. The number of carbonyl (C=O) groups excluding carboxylic acids is 1. The quantitative estimate of drug-likeness (QED) is 0.785. The van der Waals surface area contributed by atoms with Gasteiger partial charge in [-0.2, -0.15) is 5.10 Å². The zero-order valence-corrected chi connectivity index (χ0v) is 12.9. The predicted molar refractivity (Wildman–Crippen MR) is 82.6 cm³/mol. The van der Waals surface area contributed by atoms with Crippen LogP contribution in [0.5, 0.6) is 5.75 Å². The Kier molecular flexibility index (Phi) is 5.14. The minimum absolute atomic E-state index is 0.222. The summed E-state index contributed by atoms with van der Waals surface area (Å²) in [6.07, 6.45) is 3.64. The first kappa shape index (κ1) is 15.3. The molecule has 0 radical (unpaired) electrons. The molecule has 21 heavy (non-hydrogen) atoms. The van der Waals surface area contributed by atoms with Crippen molar-refractivity contribution in [2.45, 2.75) is 39.2 Å². The Morgan fingerprint density at radius 3 is 2.52 bits per heavy atom. The SMILES string of the molecule is COc1ccc(CCC(=O)Cc2ccn(C(C)C)n2)cc1. The van der Waals surface area contributed by atoms with Gasteiger partial charge in [0.05, 0.1) is 19.2 Å². The maximum Gasteiger partial charge on any atom is 0.139 e. The minimum atomic E-state index is 0.222. The normalized spacial score (nSPS) is 10.9. The summed E-state index contributed by atoms with van der Waals surface area (Å²) in [6.45, 7) is 4.14. The van der Waals surface area contributed by atoms with E-state index in [1.165, 1.54) is 0 Å². The number of hydrogen-bond acceptors (Lipinski definition) is 3. The Morgan fingerprint density at radius 2 is 1.95 bits per heavy atom. The predicted octanol–water partition coefficient (Wildman–Crippen LogP) is 3.22. The molecule has 0 fully saturated rings. The number of aromatic nitrogens is 2. The van der Waals surface area contributed by atoms with Gasteiger partial charge in [-0.05, 0) is 44.0 Å². The van der Waals surface area contributed by atoms with E-state index in [0.29, 0.717) is 18.9 Å². The lowest BCUT2D eigenvalue weighted by Gasteiger charge is -2.04. The number of rotatable bonds is 7. The minimum Gasteiger partial charge on any atom is -0.497 e. The van der Waals surface area contributed by atoms with Gasteiger partial charge in [-0.15, -0.1) is 0 Å². The second-order valence-electron chi connectivity index (χ2n) is 5.44. The number of benzene rings is 1. The van der Waals surface area contributed by atoms with Crippen molar-refractivity contribution in [3.05, 3.63) is 47.8 Å². The molecule has 0 aliphatic heterocycles. The van der Waals surface area contributed by atoms with E-state index in [-0.39, 0.29) is 5.78 Å². The summed E-state index contributed by atoms with van der Waals surface area (Å²) >= 11 is 0. The molecule has 0 spiro atoms. The van der Waals surface area contributed by atoms with E-state index in [0.717, 1.165) is 23.4 Å². The maximum absolute atomic E-state index is 12.0. The van der Waals surface area contributed by atoms with Gasteiger partial charge in [-0.3, -0.25) is 9.48 Å². The molecular formula is C17H22N2O2. The molecule has 112 valence electrons. The van der Waals surface area contributed by atoms with Crippen LogP contribution in [0.2, 0.25) is 0 Å². The molecule has 2 aromatic rings. The first-order valence-electron chi connectivity index (χ1n) is 7.27. The van der Waals surface area contributed by atoms with Crippen molar-refractivity contribution in [2.75, 3.05) is 7.11 Å². The highest BCUT2D eigenvalue weighted by Gasteiger charge is 2.08. The van der Waals surface area contributed by atoms with Crippen molar-refractivity contribution < 1.29 is 9.53 Å². The number of carbonyl (C=O) groups is 1. The number of Topliss-reactive ketones (excluding diaryl/α,β-unsaturated/α-hetero) is 1. The maximum atomic E-state index is 12.0.